The normalized spacial score (nSPS) is 17.9. The zero-order valence-corrected chi connectivity index (χ0v) is 9.89. The van der Waals surface area contributed by atoms with Gasteiger partial charge in [0, 0.05) is 17.7 Å². The number of carbonyl (C=O) groups excluding carboxylic acids is 1. The summed E-state index contributed by atoms with van der Waals surface area (Å²) in [5.74, 6) is 1.12. The highest BCUT2D eigenvalue weighted by atomic mass is 32.1. The van der Waals surface area contributed by atoms with E-state index < -0.39 is 0 Å². The van der Waals surface area contributed by atoms with Gasteiger partial charge in [-0.25, -0.2) is 0 Å². The molecule has 82 valence electrons. The molecule has 0 atom stereocenters. The molecular weight excluding hydrogens is 204 g/mol. The lowest BCUT2D eigenvalue weighted by Crippen LogP contribution is -2.13. The van der Waals surface area contributed by atoms with Crippen molar-refractivity contribution in [2.75, 3.05) is 0 Å². The van der Waals surface area contributed by atoms with Crippen LogP contribution in [0.15, 0.2) is 17.5 Å². The lowest BCUT2D eigenvalue weighted by atomic mass is 9.85. The summed E-state index contributed by atoms with van der Waals surface area (Å²) >= 11 is 1.69. The maximum absolute atomic E-state index is 11.8. The fourth-order valence-electron chi connectivity index (χ4n) is 2.39. The lowest BCUT2D eigenvalue weighted by molar-refractivity contribution is -0.119. The average molecular weight is 222 g/mol. The molecule has 1 fully saturated rings. The van der Waals surface area contributed by atoms with Crippen LogP contribution in [0.2, 0.25) is 0 Å². The van der Waals surface area contributed by atoms with Crippen molar-refractivity contribution in [3.8, 4) is 0 Å². The molecular formula is C13H18OS. The van der Waals surface area contributed by atoms with E-state index in [2.05, 4.69) is 6.07 Å². The number of rotatable bonds is 4. The molecule has 1 nitrogen and oxygen atoms in total. The third-order valence-corrected chi connectivity index (χ3v) is 4.07. The van der Waals surface area contributed by atoms with Crippen molar-refractivity contribution in [3.05, 3.63) is 22.4 Å². The first-order valence-electron chi connectivity index (χ1n) is 5.88. The van der Waals surface area contributed by atoms with Gasteiger partial charge in [-0.3, -0.25) is 4.79 Å². The summed E-state index contributed by atoms with van der Waals surface area (Å²) in [4.78, 5) is 13.0. The minimum absolute atomic E-state index is 0.435. The van der Waals surface area contributed by atoms with Crippen LogP contribution in [0.5, 0.6) is 0 Å². The number of Topliss-reactive ketones (excluding diaryl/α,β-unsaturated/α-hetero) is 1. The molecule has 2 rings (SSSR count). The monoisotopic (exact) mass is 222 g/mol. The van der Waals surface area contributed by atoms with Gasteiger partial charge in [0.05, 0.1) is 0 Å². The average Bonchev–Trinajstić information content (AvgIpc) is 2.71. The lowest BCUT2D eigenvalue weighted by Gasteiger charge is -2.20. The minimum Gasteiger partial charge on any atom is -0.299 e. The SMILES string of the molecule is O=C(Cc1cccs1)CC1CCCCC1. The fraction of sp³-hybridized carbons (Fsp3) is 0.615. The zero-order chi connectivity index (χ0) is 10.5. The number of ketones is 1. The summed E-state index contributed by atoms with van der Waals surface area (Å²) in [6.45, 7) is 0. The van der Waals surface area contributed by atoms with E-state index in [1.54, 1.807) is 11.3 Å². The van der Waals surface area contributed by atoms with Gasteiger partial charge in [-0.2, -0.15) is 0 Å². The van der Waals surface area contributed by atoms with Crippen molar-refractivity contribution < 1.29 is 4.79 Å². The molecule has 0 aliphatic heterocycles. The molecule has 1 heterocycles. The topological polar surface area (TPSA) is 17.1 Å². The van der Waals surface area contributed by atoms with E-state index in [1.807, 2.05) is 11.4 Å². The van der Waals surface area contributed by atoms with Crippen LogP contribution in [0.4, 0.5) is 0 Å². The van der Waals surface area contributed by atoms with E-state index in [0.29, 0.717) is 18.1 Å². The Morgan fingerprint density at radius 1 is 1.33 bits per heavy atom. The van der Waals surface area contributed by atoms with Gasteiger partial charge in [0.15, 0.2) is 0 Å². The maximum Gasteiger partial charge on any atom is 0.138 e. The largest absolute Gasteiger partial charge is 0.299 e. The van der Waals surface area contributed by atoms with E-state index in [9.17, 15) is 4.79 Å². The molecule has 0 bridgehead atoms. The van der Waals surface area contributed by atoms with Gasteiger partial charge in [-0.1, -0.05) is 38.2 Å². The van der Waals surface area contributed by atoms with E-state index in [4.69, 9.17) is 0 Å². The minimum atomic E-state index is 0.435. The van der Waals surface area contributed by atoms with Crippen LogP contribution in [0.1, 0.15) is 43.4 Å². The molecule has 1 aromatic heterocycles. The summed E-state index contributed by atoms with van der Waals surface area (Å²) < 4.78 is 0. The molecule has 15 heavy (non-hydrogen) atoms. The Labute approximate surface area is 95.5 Å². The Morgan fingerprint density at radius 3 is 2.80 bits per heavy atom. The number of thiophene rings is 1. The van der Waals surface area contributed by atoms with Crippen molar-refractivity contribution in [2.24, 2.45) is 5.92 Å². The smallest absolute Gasteiger partial charge is 0.138 e. The fourth-order valence-corrected chi connectivity index (χ4v) is 3.13. The van der Waals surface area contributed by atoms with Crippen LogP contribution in [0, 0.1) is 5.92 Å². The van der Waals surface area contributed by atoms with E-state index in [0.717, 1.165) is 6.42 Å². The van der Waals surface area contributed by atoms with Crippen molar-refractivity contribution in [1.82, 2.24) is 0 Å². The first kappa shape index (κ1) is 10.9. The second-order valence-corrected chi connectivity index (χ2v) is 5.54. The molecule has 0 amide bonds. The Balaban J connectivity index is 1.76. The summed E-state index contributed by atoms with van der Waals surface area (Å²) in [6, 6.07) is 4.08. The van der Waals surface area contributed by atoms with Gasteiger partial charge in [-0.05, 0) is 17.4 Å². The molecule has 1 aliphatic rings. The molecule has 1 saturated carbocycles. The van der Waals surface area contributed by atoms with Crippen molar-refractivity contribution in [3.63, 3.8) is 0 Å². The zero-order valence-electron chi connectivity index (χ0n) is 9.08. The van der Waals surface area contributed by atoms with Crippen molar-refractivity contribution in [1.29, 1.82) is 0 Å². The molecule has 1 aliphatic carbocycles. The summed E-state index contributed by atoms with van der Waals surface area (Å²) in [7, 11) is 0. The standard InChI is InChI=1S/C13H18OS/c14-12(10-13-7-4-8-15-13)9-11-5-2-1-3-6-11/h4,7-8,11H,1-3,5-6,9-10H2. The predicted octanol–water partition coefficient (Wildman–Crippen LogP) is 3.83. The third kappa shape index (κ3) is 3.45. The van der Waals surface area contributed by atoms with Gasteiger partial charge in [0.2, 0.25) is 0 Å². The Hall–Kier alpha value is -0.630. The van der Waals surface area contributed by atoms with E-state index >= 15 is 0 Å². The second-order valence-electron chi connectivity index (χ2n) is 4.50. The van der Waals surface area contributed by atoms with Gasteiger partial charge in [0.25, 0.3) is 0 Å². The molecule has 2 heteroatoms. The number of hydrogen-bond acceptors (Lipinski definition) is 2. The molecule has 0 N–H and O–H groups in total. The maximum atomic E-state index is 11.8. The van der Waals surface area contributed by atoms with Crippen LogP contribution < -0.4 is 0 Å². The Bertz CT molecular complexity index is 296. The Morgan fingerprint density at radius 2 is 2.13 bits per heavy atom. The van der Waals surface area contributed by atoms with Crippen LogP contribution in [0.3, 0.4) is 0 Å². The van der Waals surface area contributed by atoms with E-state index in [-0.39, 0.29) is 0 Å². The van der Waals surface area contributed by atoms with Crippen LogP contribution in [-0.4, -0.2) is 5.78 Å². The number of hydrogen-bond donors (Lipinski definition) is 0. The van der Waals surface area contributed by atoms with Gasteiger partial charge in [0.1, 0.15) is 5.78 Å². The van der Waals surface area contributed by atoms with Crippen LogP contribution in [0.25, 0.3) is 0 Å². The number of carbonyl (C=O) groups is 1. The van der Waals surface area contributed by atoms with Crippen LogP contribution >= 0.6 is 11.3 Å². The molecule has 0 unspecified atom stereocenters. The molecule has 0 aromatic carbocycles. The first-order chi connectivity index (χ1) is 7.34. The Kier molecular flexibility index (Phi) is 3.95. The van der Waals surface area contributed by atoms with Crippen molar-refractivity contribution >= 4 is 17.1 Å². The highest BCUT2D eigenvalue weighted by Crippen LogP contribution is 2.27. The van der Waals surface area contributed by atoms with Crippen LogP contribution in [-0.2, 0) is 11.2 Å². The molecule has 0 radical (unpaired) electrons. The van der Waals surface area contributed by atoms with Crippen molar-refractivity contribution in [2.45, 2.75) is 44.9 Å². The third-order valence-electron chi connectivity index (χ3n) is 3.19. The second kappa shape index (κ2) is 5.45. The molecule has 0 saturated heterocycles. The summed E-state index contributed by atoms with van der Waals surface area (Å²) in [6.07, 6.45) is 8.06. The molecule has 1 aromatic rings. The first-order valence-corrected chi connectivity index (χ1v) is 6.76. The predicted molar refractivity (Wildman–Crippen MR) is 64.2 cm³/mol. The van der Waals surface area contributed by atoms with Gasteiger partial charge < -0.3 is 0 Å². The highest BCUT2D eigenvalue weighted by Gasteiger charge is 2.17. The summed E-state index contributed by atoms with van der Waals surface area (Å²) in [5.41, 5.74) is 0. The molecule has 0 spiro atoms. The quantitative estimate of drug-likeness (QED) is 0.756. The van der Waals surface area contributed by atoms with E-state index in [1.165, 1.54) is 37.0 Å². The highest BCUT2D eigenvalue weighted by molar-refractivity contribution is 7.10. The van der Waals surface area contributed by atoms with Gasteiger partial charge in [-0.15, -0.1) is 11.3 Å². The summed E-state index contributed by atoms with van der Waals surface area (Å²) in [5, 5.41) is 2.04. The van der Waals surface area contributed by atoms with Gasteiger partial charge >= 0.3 is 0 Å².